The van der Waals surface area contributed by atoms with E-state index < -0.39 is 0 Å². The van der Waals surface area contributed by atoms with Gasteiger partial charge in [0.1, 0.15) is 5.78 Å². The number of hydrogen-bond donors (Lipinski definition) is 0. The molecule has 1 nitrogen and oxygen atoms in total. The van der Waals surface area contributed by atoms with Crippen LogP contribution in [0.4, 0.5) is 0 Å². The van der Waals surface area contributed by atoms with Crippen molar-refractivity contribution < 1.29 is 4.79 Å². The topological polar surface area (TPSA) is 17.1 Å². The number of ketones is 1. The summed E-state index contributed by atoms with van der Waals surface area (Å²) in [5.41, 5.74) is 0.868. The Morgan fingerprint density at radius 1 is 1.00 bits per heavy atom. The van der Waals surface area contributed by atoms with E-state index in [1.165, 1.54) is 38.5 Å². The summed E-state index contributed by atoms with van der Waals surface area (Å²) in [6, 6.07) is 0. The quantitative estimate of drug-likeness (QED) is 0.559. The van der Waals surface area contributed by atoms with Gasteiger partial charge in [0.2, 0.25) is 0 Å². The van der Waals surface area contributed by atoms with E-state index in [1.54, 1.807) is 0 Å². The summed E-state index contributed by atoms with van der Waals surface area (Å²) in [5.74, 6) is 6.90. The molecule has 4 rings (SSSR count). The van der Waals surface area contributed by atoms with Gasteiger partial charge >= 0.3 is 0 Å². The Morgan fingerprint density at radius 3 is 2.48 bits per heavy atom. The molecule has 0 amide bonds. The lowest BCUT2D eigenvalue weighted by Crippen LogP contribution is -2.54. The molecule has 126 valence electrons. The smallest absolute Gasteiger partial charge is 0.133 e. The molecule has 23 heavy (non-hydrogen) atoms. The minimum Gasteiger partial charge on any atom is -0.300 e. The van der Waals surface area contributed by atoms with Crippen molar-refractivity contribution in [3.05, 3.63) is 0 Å². The van der Waals surface area contributed by atoms with Gasteiger partial charge in [-0.15, -0.1) is 6.42 Å². The highest BCUT2D eigenvalue weighted by atomic mass is 16.1. The number of terminal acetylenes is 1. The normalized spacial score (nSPS) is 55.5. The predicted octanol–water partition coefficient (Wildman–Crippen LogP) is 5.24. The molecule has 0 aromatic carbocycles. The lowest BCUT2D eigenvalue weighted by molar-refractivity contribution is -0.140. The second-order valence-electron chi connectivity index (χ2n) is 9.87. The van der Waals surface area contributed by atoms with Crippen LogP contribution < -0.4 is 0 Å². The molecule has 4 saturated carbocycles. The number of carbonyl (C=O) groups is 1. The van der Waals surface area contributed by atoms with Gasteiger partial charge in [0.25, 0.3) is 0 Å². The van der Waals surface area contributed by atoms with Crippen LogP contribution in [-0.4, -0.2) is 5.78 Å². The number of carbonyl (C=O) groups excluding carboxylic acids is 1. The maximum absolute atomic E-state index is 12.0. The zero-order valence-electron chi connectivity index (χ0n) is 15.2. The van der Waals surface area contributed by atoms with Crippen molar-refractivity contribution in [2.75, 3.05) is 0 Å². The number of hydrogen-bond acceptors (Lipinski definition) is 1. The molecule has 0 N–H and O–H groups in total. The Labute approximate surface area is 142 Å². The van der Waals surface area contributed by atoms with Crippen molar-refractivity contribution in [1.82, 2.24) is 0 Å². The molecule has 4 fully saturated rings. The van der Waals surface area contributed by atoms with Crippen LogP contribution in [-0.2, 0) is 4.79 Å². The van der Waals surface area contributed by atoms with Gasteiger partial charge in [-0.1, -0.05) is 19.8 Å². The van der Waals surface area contributed by atoms with Gasteiger partial charge in [-0.05, 0) is 86.4 Å². The van der Waals surface area contributed by atoms with E-state index in [2.05, 4.69) is 26.7 Å². The minimum absolute atomic E-state index is 0.100. The summed E-state index contributed by atoms with van der Waals surface area (Å²) < 4.78 is 0. The highest BCUT2D eigenvalue weighted by molar-refractivity contribution is 5.79. The summed E-state index contributed by atoms with van der Waals surface area (Å²) in [4.78, 5) is 12.0. The summed E-state index contributed by atoms with van der Waals surface area (Å²) in [5, 5.41) is 0. The van der Waals surface area contributed by atoms with E-state index in [0.717, 1.165) is 37.0 Å². The number of fused-ring (bicyclic) bond motifs is 5. The van der Waals surface area contributed by atoms with E-state index in [4.69, 9.17) is 6.42 Å². The zero-order valence-corrected chi connectivity index (χ0v) is 15.2. The maximum Gasteiger partial charge on any atom is 0.133 e. The summed E-state index contributed by atoms with van der Waals surface area (Å²) in [7, 11) is 0. The van der Waals surface area contributed by atoms with Gasteiger partial charge in [-0.3, -0.25) is 4.79 Å². The average Bonchev–Trinajstić information content (AvgIpc) is 2.80. The molecule has 4 aliphatic rings. The van der Waals surface area contributed by atoms with E-state index in [9.17, 15) is 4.79 Å². The fourth-order valence-corrected chi connectivity index (χ4v) is 7.55. The van der Waals surface area contributed by atoms with Crippen LogP contribution in [0.1, 0.15) is 78.6 Å². The third-order valence-electron chi connectivity index (χ3n) is 9.41. The molecule has 2 unspecified atom stereocenters. The molecule has 0 bridgehead atoms. The van der Waals surface area contributed by atoms with Gasteiger partial charge in [-0.2, -0.15) is 0 Å². The van der Waals surface area contributed by atoms with Crippen LogP contribution in [0.5, 0.6) is 0 Å². The molecule has 0 saturated heterocycles. The number of Topliss-reactive ketones (excluding diaryl/α,β-unsaturated/α-hetero) is 1. The first-order chi connectivity index (χ1) is 10.8. The van der Waals surface area contributed by atoms with E-state index in [0.29, 0.717) is 22.5 Å². The molecule has 0 heterocycles. The van der Waals surface area contributed by atoms with Crippen molar-refractivity contribution in [2.24, 2.45) is 39.9 Å². The highest BCUT2D eigenvalue weighted by Crippen LogP contribution is 2.70. The average molecular weight is 312 g/mol. The van der Waals surface area contributed by atoms with Crippen molar-refractivity contribution in [2.45, 2.75) is 78.6 Å². The molecule has 0 radical (unpaired) electrons. The molecular formula is C22H32O. The monoisotopic (exact) mass is 312 g/mol. The molecule has 4 aliphatic carbocycles. The maximum atomic E-state index is 12.0. The first-order valence-corrected chi connectivity index (χ1v) is 9.83. The predicted molar refractivity (Wildman–Crippen MR) is 93.7 cm³/mol. The zero-order chi connectivity index (χ0) is 16.5. The van der Waals surface area contributed by atoms with Crippen molar-refractivity contribution in [3.8, 4) is 12.3 Å². The van der Waals surface area contributed by atoms with Crippen LogP contribution in [0.25, 0.3) is 0 Å². The van der Waals surface area contributed by atoms with Crippen LogP contribution in [0.3, 0.4) is 0 Å². The first kappa shape index (κ1) is 15.7. The Kier molecular flexibility index (Phi) is 3.33. The molecule has 0 spiro atoms. The SMILES string of the molecule is C#C[C@@]1(C)CC[C@H]2C3CCC4CC(=O)CC[C@]4(C)[C@H]3CC[C@@]21C. The fraction of sp³-hybridized carbons (Fsp3) is 0.864. The Balaban J connectivity index is 1.66. The number of rotatable bonds is 0. The van der Waals surface area contributed by atoms with E-state index >= 15 is 0 Å². The second-order valence-corrected chi connectivity index (χ2v) is 9.87. The van der Waals surface area contributed by atoms with Crippen LogP contribution in [0.15, 0.2) is 0 Å². The molecule has 0 aliphatic heterocycles. The van der Waals surface area contributed by atoms with Gasteiger partial charge in [0, 0.05) is 18.3 Å². The first-order valence-electron chi connectivity index (χ1n) is 9.83. The van der Waals surface area contributed by atoms with Gasteiger partial charge < -0.3 is 0 Å². The molecule has 0 aromatic heterocycles. The van der Waals surface area contributed by atoms with Crippen molar-refractivity contribution in [3.63, 3.8) is 0 Å². The van der Waals surface area contributed by atoms with Crippen molar-refractivity contribution in [1.29, 1.82) is 0 Å². The van der Waals surface area contributed by atoms with Crippen LogP contribution in [0, 0.1) is 52.3 Å². The molecule has 7 atom stereocenters. The van der Waals surface area contributed by atoms with Gasteiger partial charge in [0.05, 0.1) is 0 Å². The third-order valence-corrected chi connectivity index (χ3v) is 9.41. The van der Waals surface area contributed by atoms with Crippen molar-refractivity contribution >= 4 is 5.78 Å². The molecular weight excluding hydrogens is 280 g/mol. The summed E-state index contributed by atoms with van der Waals surface area (Å²) in [6.07, 6.45) is 16.7. The molecule has 0 aromatic rings. The second kappa shape index (κ2) is 4.87. The Morgan fingerprint density at radius 2 is 1.74 bits per heavy atom. The lowest BCUT2D eigenvalue weighted by Gasteiger charge is -2.61. The van der Waals surface area contributed by atoms with Gasteiger partial charge in [-0.25, -0.2) is 0 Å². The molecule has 1 heteroatoms. The summed E-state index contributed by atoms with van der Waals surface area (Å²) in [6.45, 7) is 7.37. The highest BCUT2D eigenvalue weighted by Gasteiger charge is 2.63. The van der Waals surface area contributed by atoms with Crippen LogP contribution in [0.2, 0.25) is 0 Å². The van der Waals surface area contributed by atoms with Crippen LogP contribution >= 0.6 is 0 Å². The largest absolute Gasteiger partial charge is 0.300 e. The fourth-order valence-electron chi connectivity index (χ4n) is 7.55. The standard InChI is InChI=1S/C22H32O/c1-5-20(2)11-9-19-17-7-6-15-14-16(23)8-12-21(15,3)18(17)10-13-22(19,20)4/h1,15,17-19H,6-14H2,2-4H3/t15?,17?,18-,19-,20-,21-,22-/m0/s1. The van der Waals surface area contributed by atoms with E-state index in [-0.39, 0.29) is 5.41 Å². The summed E-state index contributed by atoms with van der Waals surface area (Å²) >= 11 is 0. The van der Waals surface area contributed by atoms with E-state index in [1.807, 2.05) is 0 Å². The Bertz CT molecular complexity index is 571. The van der Waals surface area contributed by atoms with Gasteiger partial charge in [0.15, 0.2) is 0 Å². The Hall–Kier alpha value is -0.770. The minimum atomic E-state index is 0.100. The third kappa shape index (κ3) is 1.90. The lowest BCUT2D eigenvalue weighted by atomic mass is 9.43.